The lowest BCUT2D eigenvalue weighted by Gasteiger charge is -2.06. The summed E-state index contributed by atoms with van der Waals surface area (Å²) in [5.74, 6) is 0.702. The van der Waals surface area contributed by atoms with Gasteiger partial charge < -0.3 is 5.11 Å². The summed E-state index contributed by atoms with van der Waals surface area (Å²) in [5, 5.41) is 9.45. The molecule has 0 bridgehead atoms. The van der Waals surface area contributed by atoms with Crippen LogP contribution in [0.2, 0.25) is 0 Å². The number of nitrogens with zero attached hydrogens (tertiary/aromatic N) is 2. The van der Waals surface area contributed by atoms with Gasteiger partial charge in [-0.2, -0.15) is 0 Å². The van der Waals surface area contributed by atoms with E-state index in [1.807, 2.05) is 29.5 Å². The van der Waals surface area contributed by atoms with Crippen molar-refractivity contribution in [2.24, 2.45) is 0 Å². The summed E-state index contributed by atoms with van der Waals surface area (Å²) in [4.78, 5) is 4.17. The van der Waals surface area contributed by atoms with E-state index in [1.165, 1.54) is 0 Å². The van der Waals surface area contributed by atoms with Crippen molar-refractivity contribution in [1.82, 2.24) is 9.38 Å². The molecule has 0 saturated heterocycles. The Kier molecular flexibility index (Phi) is 1.81. The first-order valence-corrected chi connectivity index (χ1v) is 4.31. The normalized spacial score (nSPS) is 13.5. The monoisotopic (exact) mass is 176 g/mol. The Hall–Kier alpha value is -1.35. The number of aliphatic hydroxyl groups excluding tert-OH is 1. The minimum atomic E-state index is -0.524. The van der Waals surface area contributed by atoms with Crippen LogP contribution in [-0.2, 0) is 0 Å². The van der Waals surface area contributed by atoms with Crippen LogP contribution in [0.4, 0.5) is 0 Å². The van der Waals surface area contributed by atoms with Gasteiger partial charge in [0, 0.05) is 5.69 Å². The maximum Gasteiger partial charge on any atom is 0.142 e. The van der Waals surface area contributed by atoms with Crippen LogP contribution in [0, 0.1) is 6.92 Å². The highest BCUT2D eigenvalue weighted by molar-refractivity contribution is 5.47. The Balaban J connectivity index is 2.79. The third-order valence-corrected chi connectivity index (χ3v) is 2.15. The van der Waals surface area contributed by atoms with Crippen LogP contribution in [0.25, 0.3) is 5.52 Å². The molecule has 0 spiro atoms. The fourth-order valence-electron chi connectivity index (χ4n) is 1.54. The molecule has 0 aliphatic rings. The number of fused-ring (bicyclic) bond motifs is 1. The molecule has 2 aromatic rings. The van der Waals surface area contributed by atoms with Crippen LogP contribution < -0.4 is 0 Å². The Labute approximate surface area is 76.7 Å². The maximum atomic E-state index is 9.45. The molecule has 1 N–H and O–H groups in total. The van der Waals surface area contributed by atoms with Gasteiger partial charge >= 0.3 is 0 Å². The first-order chi connectivity index (χ1) is 6.20. The van der Waals surface area contributed by atoms with Crippen molar-refractivity contribution >= 4 is 5.52 Å². The lowest BCUT2D eigenvalue weighted by atomic mass is 10.3. The molecule has 2 aromatic heterocycles. The standard InChI is InChI=1S/C10H12N2O/c1-7-4-3-5-9-6-11-10(8(2)13)12(7)9/h3-6,8,13H,1-2H3. The molecule has 1 atom stereocenters. The van der Waals surface area contributed by atoms with Crippen LogP contribution in [-0.4, -0.2) is 14.5 Å². The molecule has 0 fully saturated rings. The molecule has 0 amide bonds. The number of aliphatic hydroxyl groups is 1. The summed E-state index contributed by atoms with van der Waals surface area (Å²) in [6.45, 7) is 3.72. The maximum absolute atomic E-state index is 9.45. The molecule has 2 rings (SSSR count). The summed E-state index contributed by atoms with van der Waals surface area (Å²) in [7, 11) is 0. The predicted molar refractivity (Wildman–Crippen MR) is 50.6 cm³/mol. The molecule has 2 heterocycles. The van der Waals surface area contributed by atoms with E-state index >= 15 is 0 Å². The largest absolute Gasteiger partial charge is 0.385 e. The quantitative estimate of drug-likeness (QED) is 0.718. The number of pyridine rings is 1. The molecule has 13 heavy (non-hydrogen) atoms. The molecule has 3 nitrogen and oxygen atoms in total. The van der Waals surface area contributed by atoms with Crippen molar-refractivity contribution in [1.29, 1.82) is 0 Å². The van der Waals surface area contributed by atoms with E-state index in [9.17, 15) is 5.11 Å². The van der Waals surface area contributed by atoms with Crippen molar-refractivity contribution in [3.05, 3.63) is 35.9 Å². The van der Waals surface area contributed by atoms with Gasteiger partial charge in [-0.05, 0) is 26.0 Å². The minimum Gasteiger partial charge on any atom is -0.385 e. The highest BCUT2D eigenvalue weighted by Crippen LogP contribution is 2.15. The van der Waals surface area contributed by atoms with Gasteiger partial charge in [-0.1, -0.05) is 6.07 Å². The van der Waals surface area contributed by atoms with Gasteiger partial charge in [0.25, 0.3) is 0 Å². The van der Waals surface area contributed by atoms with E-state index in [2.05, 4.69) is 4.98 Å². The van der Waals surface area contributed by atoms with Gasteiger partial charge in [0.1, 0.15) is 11.9 Å². The Morgan fingerprint density at radius 2 is 2.23 bits per heavy atom. The van der Waals surface area contributed by atoms with Gasteiger partial charge in [-0.3, -0.25) is 4.40 Å². The van der Waals surface area contributed by atoms with Crippen molar-refractivity contribution in [3.63, 3.8) is 0 Å². The minimum absolute atomic E-state index is 0.524. The van der Waals surface area contributed by atoms with Crippen molar-refractivity contribution in [3.8, 4) is 0 Å². The van der Waals surface area contributed by atoms with E-state index in [-0.39, 0.29) is 0 Å². The molecule has 68 valence electrons. The molecule has 3 heteroatoms. The summed E-state index contributed by atoms with van der Waals surface area (Å²) in [5.41, 5.74) is 2.11. The third kappa shape index (κ3) is 1.21. The highest BCUT2D eigenvalue weighted by Gasteiger charge is 2.09. The molecule has 1 unspecified atom stereocenters. The Bertz CT molecular complexity index is 431. The van der Waals surface area contributed by atoms with Crippen molar-refractivity contribution in [2.45, 2.75) is 20.0 Å². The third-order valence-electron chi connectivity index (χ3n) is 2.15. The Morgan fingerprint density at radius 1 is 1.46 bits per heavy atom. The lowest BCUT2D eigenvalue weighted by Crippen LogP contribution is -2.01. The second-order valence-corrected chi connectivity index (χ2v) is 3.22. The average molecular weight is 176 g/mol. The molecule has 0 aromatic carbocycles. The van der Waals surface area contributed by atoms with Crippen LogP contribution in [0.15, 0.2) is 24.4 Å². The fraction of sp³-hybridized carbons (Fsp3) is 0.300. The number of aromatic nitrogens is 2. The predicted octanol–water partition coefficient (Wildman–Crippen LogP) is 1.70. The van der Waals surface area contributed by atoms with E-state index in [0.717, 1.165) is 11.2 Å². The zero-order valence-electron chi connectivity index (χ0n) is 7.73. The smallest absolute Gasteiger partial charge is 0.142 e. The lowest BCUT2D eigenvalue weighted by molar-refractivity contribution is 0.188. The summed E-state index contributed by atoms with van der Waals surface area (Å²) >= 11 is 0. The second-order valence-electron chi connectivity index (χ2n) is 3.22. The van der Waals surface area contributed by atoms with Gasteiger partial charge in [0.2, 0.25) is 0 Å². The van der Waals surface area contributed by atoms with Crippen LogP contribution in [0.3, 0.4) is 0 Å². The molecule has 0 saturated carbocycles. The molecule has 0 radical (unpaired) electrons. The fourth-order valence-corrected chi connectivity index (χ4v) is 1.54. The van der Waals surface area contributed by atoms with Gasteiger partial charge in [0.05, 0.1) is 11.7 Å². The number of hydrogen-bond acceptors (Lipinski definition) is 2. The van der Waals surface area contributed by atoms with Gasteiger partial charge in [-0.15, -0.1) is 0 Å². The number of aryl methyl sites for hydroxylation is 1. The van der Waals surface area contributed by atoms with Gasteiger partial charge in [-0.25, -0.2) is 4.98 Å². The zero-order chi connectivity index (χ0) is 9.42. The van der Waals surface area contributed by atoms with E-state index in [0.29, 0.717) is 5.82 Å². The number of hydrogen-bond donors (Lipinski definition) is 1. The summed E-state index contributed by atoms with van der Waals surface area (Å²) < 4.78 is 1.96. The molecular weight excluding hydrogens is 164 g/mol. The summed E-state index contributed by atoms with van der Waals surface area (Å²) in [6.07, 6.45) is 1.25. The number of rotatable bonds is 1. The summed E-state index contributed by atoms with van der Waals surface area (Å²) in [6, 6.07) is 5.96. The van der Waals surface area contributed by atoms with Crippen LogP contribution in [0.5, 0.6) is 0 Å². The Morgan fingerprint density at radius 3 is 2.92 bits per heavy atom. The number of imidazole rings is 1. The van der Waals surface area contributed by atoms with Crippen LogP contribution in [0.1, 0.15) is 24.5 Å². The zero-order valence-corrected chi connectivity index (χ0v) is 7.73. The second kappa shape index (κ2) is 2.85. The average Bonchev–Trinajstić information content (AvgIpc) is 2.49. The SMILES string of the molecule is Cc1cccc2cnc(C(C)O)n12. The first-order valence-electron chi connectivity index (χ1n) is 4.31. The van der Waals surface area contributed by atoms with Crippen molar-refractivity contribution in [2.75, 3.05) is 0 Å². The molecule has 0 aliphatic carbocycles. The van der Waals surface area contributed by atoms with Crippen molar-refractivity contribution < 1.29 is 5.11 Å². The van der Waals surface area contributed by atoms with E-state index < -0.39 is 6.10 Å². The van der Waals surface area contributed by atoms with Crippen LogP contribution >= 0.6 is 0 Å². The van der Waals surface area contributed by atoms with E-state index in [1.54, 1.807) is 13.1 Å². The first kappa shape index (κ1) is 8.26. The topological polar surface area (TPSA) is 37.5 Å². The van der Waals surface area contributed by atoms with Gasteiger partial charge in [0.15, 0.2) is 0 Å². The molecular formula is C10H12N2O. The highest BCUT2D eigenvalue weighted by atomic mass is 16.3. The van der Waals surface area contributed by atoms with E-state index in [4.69, 9.17) is 0 Å². The molecule has 0 aliphatic heterocycles.